The first-order valence-corrected chi connectivity index (χ1v) is 16.9. The van der Waals surface area contributed by atoms with Crippen molar-refractivity contribution in [2.75, 3.05) is 0 Å². The molecule has 2 heteroatoms. The van der Waals surface area contributed by atoms with Crippen LogP contribution in [0, 0.1) is 0 Å². The van der Waals surface area contributed by atoms with Gasteiger partial charge in [0.25, 0.3) is 0 Å². The number of nitrogens with zero attached hydrogens (tertiary/aromatic N) is 1. The van der Waals surface area contributed by atoms with Gasteiger partial charge in [-0.05, 0) is 92.7 Å². The van der Waals surface area contributed by atoms with Crippen molar-refractivity contribution < 1.29 is 4.74 Å². The van der Waals surface area contributed by atoms with Crippen molar-refractivity contribution in [3.05, 3.63) is 198 Å². The molecule has 2 aliphatic rings. The maximum absolute atomic E-state index is 6.75. The summed E-state index contributed by atoms with van der Waals surface area (Å²) in [5.74, 6) is 1.81. The fourth-order valence-corrected chi connectivity index (χ4v) is 8.87. The van der Waals surface area contributed by atoms with Gasteiger partial charge in [0.15, 0.2) is 0 Å². The van der Waals surface area contributed by atoms with E-state index in [1.54, 1.807) is 0 Å². The number of ether oxygens (including phenoxy) is 1. The van der Waals surface area contributed by atoms with Gasteiger partial charge in [0.2, 0.25) is 0 Å². The third-order valence-electron chi connectivity index (χ3n) is 10.8. The van der Waals surface area contributed by atoms with Crippen molar-refractivity contribution in [1.82, 2.24) is 4.57 Å². The minimum atomic E-state index is -0.504. The fourth-order valence-electron chi connectivity index (χ4n) is 8.87. The summed E-state index contributed by atoms with van der Waals surface area (Å²) in [5, 5.41) is 4.98. The molecular formula is C47H29NO. The van der Waals surface area contributed by atoms with Crippen LogP contribution in [0.5, 0.6) is 11.5 Å². The zero-order chi connectivity index (χ0) is 32.1. The second-order valence-corrected chi connectivity index (χ2v) is 13.2. The van der Waals surface area contributed by atoms with E-state index in [1.165, 1.54) is 77.1 Å². The van der Waals surface area contributed by atoms with E-state index in [1.807, 2.05) is 0 Å². The standard InChI is InChI=1S/C47H29NO/c1-2-15-33(16-3-1)48-42-23-12-19-34(46(42)37-27-30-13-4-5-14-31(30)29-43(37)48)32-25-26-45-41(28-32)47(40-22-10-11-24-44(40)49-45)38-20-8-6-17-35(38)36-18-7-9-21-39(36)47/h1-29H. The van der Waals surface area contributed by atoms with E-state index in [4.69, 9.17) is 4.74 Å². The lowest BCUT2D eigenvalue weighted by Gasteiger charge is -2.39. The molecule has 0 atom stereocenters. The van der Waals surface area contributed by atoms with Crippen molar-refractivity contribution in [1.29, 1.82) is 0 Å². The Morgan fingerprint density at radius 1 is 0.408 bits per heavy atom. The SMILES string of the molecule is c1ccc(-n2c3cc4ccccc4cc3c3c(-c4ccc5c(c4)C4(c6ccccc6O5)c5ccccc5-c5ccccc54)cccc32)cc1. The lowest BCUT2D eigenvalue weighted by molar-refractivity contribution is 0.436. The van der Waals surface area contributed by atoms with E-state index in [0.29, 0.717) is 0 Å². The molecular weight excluding hydrogens is 595 g/mol. The van der Waals surface area contributed by atoms with Crippen molar-refractivity contribution in [3.8, 4) is 39.4 Å². The van der Waals surface area contributed by atoms with Crippen LogP contribution < -0.4 is 4.74 Å². The number of hydrogen-bond acceptors (Lipinski definition) is 1. The molecule has 1 aromatic heterocycles. The number of hydrogen-bond donors (Lipinski definition) is 0. The molecule has 2 nitrogen and oxygen atoms in total. The Hall–Kier alpha value is -6.38. The minimum Gasteiger partial charge on any atom is -0.457 e. The predicted molar refractivity (Wildman–Crippen MR) is 201 cm³/mol. The Kier molecular flexibility index (Phi) is 5.34. The highest BCUT2D eigenvalue weighted by Crippen LogP contribution is 2.62. The second-order valence-electron chi connectivity index (χ2n) is 13.2. The summed E-state index contributed by atoms with van der Waals surface area (Å²) >= 11 is 0. The van der Waals surface area contributed by atoms with E-state index >= 15 is 0 Å². The first-order valence-electron chi connectivity index (χ1n) is 16.9. The summed E-state index contributed by atoms with van der Waals surface area (Å²) in [6.07, 6.45) is 0. The third kappa shape index (κ3) is 3.50. The van der Waals surface area contributed by atoms with E-state index in [-0.39, 0.29) is 0 Å². The van der Waals surface area contributed by atoms with Gasteiger partial charge in [-0.3, -0.25) is 0 Å². The zero-order valence-electron chi connectivity index (χ0n) is 26.6. The van der Waals surface area contributed by atoms with Crippen LogP contribution in [0.1, 0.15) is 22.3 Å². The molecule has 11 rings (SSSR count). The summed E-state index contributed by atoms with van der Waals surface area (Å²) < 4.78 is 9.17. The number of benzene rings is 8. The largest absolute Gasteiger partial charge is 0.457 e. The van der Waals surface area contributed by atoms with Crippen LogP contribution >= 0.6 is 0 Å². The highest BCUT2D eigenvalue weighted by Gasteiger charge is 2.51. The molecule has 1 spiro atoms. The molecule has 0 unspecified atom stereocenters. The number of rotatable bonds is 2. The van der Waals surface area contributed by atoms with Crippen LogP contribution in [-0.4, -0.2) is 4.57 Å². The molecule has 0 saturated carbocycles. The molecule has 0 amide bonds. The van der Waals surface area contributed by atoms with Crippen molar-refractivity contribution >= 4 is 32.6 Å². The Labute approximate surface area is 284 Å². The van der Waals surface area contributed by atoms with E-state index in [0.717, 1.165) is 17.2 Å². The molecule has 9 aromatic rings. The van der Waals surface area contributed by atoms with Crippen molar-refractivity contribution in [2.45, 2.75) is 5.41 Å². The predicted octanol–water partition coefficient (Wildman–Crippen LogP) is 12.1. The molecule has 0 fully saturated rings. The molecule has 0 radical (unpaired) electrons. The van der Waals surface area contributed by atoms with Crippen LogP contribution in [0.4, 0.5) is 0 Å². The highest BCUT2D eigenvalue weighted by atomic mass is 16.5. The van der Waals surface area contributed by atoms with Crippen LogP contribution in [0.3, 0.4) is 0 Å². The first-order chi connectivity index (χ1) is 24.3. The minimum absolute atomic E-state index is 0.504. The zero-order valence-corrected chi connectivity index (χ0v) is 26.6. The fraction of sp³-hybridized carbons (Fsp3) is 0.0213. The molecule has 0 saturated heterocycles. The van der Waals surface area contributed by atoms with Crippen LogP contribution in [0.25, 0.3) is 60.5 Å². The van der Waals surface area contributed by atoms with Crippen LogP contribution in [0.15, 0.2) is 176 Å². The molecule has 1 aliphatic carbocycles. The topological polar surface area (TPSA) is 14.2 Å². The average molecular weight is 624 g/mol. The van der Waals surface area contributed by atoms with Gasteiger partial charge >= 0.3 is 0 Å². The van der Waals surface area contributed by atoms with Gasteiger partial charge in [-0.2, -0.15) is 0 Å². The van der Waals surface area contributed by atoms with Gasteiger partial charge in [-0.25, -0.2) is 0 Å². The maximum Gasteiger partial charge on any atom is 0.132 e. The molecule has 0 bridgehead atoms. The van der Waals surface area contributed by atoms with E-state index in [2.05, 4.69) is 180 Å². The van der Waals surface area contributed by atoms with Gasteiger partial charge in [-0.15, -0.1) is 0 Å². The van der Waals surface area contributed by atoms with Crippen molar-refractivity contribution in [3.63, 3.8) is 0 Å². The Morgan fingerprint density at radius 2 is 1.02 bits per heavy atom. The average Bonchev–Trinajstić information content (AvgIpc) is 3.65. The number of aromatic nitrogens is 1. The van der Waals surface area contributed by atoms with E-state index in [9.17, 15) is 0 Å². The monoisotopic (exact) mass is 623 g/mol. The molecule has 49 heavy (non-hydrogen) atoms. The Morgan fingerprint density at radius 3 is 1.80 bits per heavy atom. The van der Waals surface area contributed by atoms with Crippen molar-refractivity contribution in [2.24, 2.45) is 0 Å². The van der Waals surface area contributed by atoms with Crippen LogP contribution in [0.2, 0.25) is 0 Å². The van der Waals surface area contributed by atoms with Crippen LogP contribution in [-0.2, 0) is 5.41 Å². The summed E-state index contributed by atoms with van der Waals surface area (Å²) in [4.78, 5) is 0. The van der Waals surface area contributed by atoms with Gasteiger partial charge < -0.3 is 9.30 Å². The Bertz CT molecular complexity index is 2760. The normalized spacial score (nSPS) is 13.6. The van der Waals surface area contributed by atoms with Gasteiger partial charge in [0.1, 0.15) is 11.5 Å². The smallest absolute Gasteiger partial charge is 0.132 e. The quantitative estimate of drug-likeness (QED) is 0.187. The maximum atomic E-state index is 6.75. The third-order valence-corrected chi connectivity index (χ3v) is 10.8. The molecule has 0 N–H and O–H groups in total. The van der Waals surface area contributed by atoms with E-state index < -0.39 is 5.41 Å². The molecule has 8 aromatic carbocycles. The number of fused-ring (bicyclic) bond motifs is 13. The molecule has 228 valence electrons. The first kappa shape index (κ1) is 26.7. The van der Waals surface area contributed by atoms with Gasteiger partial charge in [0.05, 0.1) is 16.4 Å². The highest BCUT2D eigenvalue weighted by molar-refractivity contribution is 6.18. The van der Waals surface area contributed by atoms with Gasteiger partial charge in [-0.1, -0.05) is 127 Å². The summed E-state index contributed by atoms with van der Waals surface area (Å²) in [7, 11) is 0. The molecule has 2 heterocycles. The second kappa shape index (κ2) is 9.82. The number of para-hydroxylation sites is 2. The molecule has 1 aliphatic heterocycles. The summed E-state index contributed by atoms with van der Waals surface area (Å²) in [6, 6.07) is 64.2. The summed E-state index contributed by atoms with van der Waals surface area (Å²) in [5.41, 5.74) is 13.0. The Balaban J connectivity index is 1.24. The lowest BCUT2D eigenvalue weighted by Crippen LogP contribution is -2.32. The lowest BCUT2D eigenvalue weighted by atomic mass is 9.65. The van der Waals surface area contributed by atoms with Gasteiger partial charge in [0, 0.05) is 27.6 Å². The summed E-state index contributed by atoms with van der Waals surface area (Å²) in [6.45, 7) is 0.